The topological polar surface area (TPSA) is 67.0 Å². The average molecular weight is 333 g/mol. The molecule has 1 aromatic heterocycles. The van der Waals surface area contributed by atoms with Crippen molar-refractivity contribution in [1.82, 2.24) is 15.3 Å². The number of hydrogen-bond acceptors (Lipinski definition) is 3. The van der Waals surface area contributed by atoms with Gasteiger partial charge < -0.3 is 15.0 Å². The number of ether oxygens (including phenoxy) is 1. The van der Waals surface area contributed by atoms with Crippen LogP contribution in [0.1, 0.15) is 82.1 Å². The molecule has 2 fully saturated rings. The summed E-state index contributed by atoms with van der Waals surface area (Å²) in [7, 11) is 0. The summed E-state index contributed by atoms with van der Waals surface area (Å²) in [6.45, 7) is 5.78. The van der Waals surface area contributed by atoms with Crippen molar-refractivity contribution in [2.45, 2.75) is 90.4 Å². The Kier molecular flexibility index (Phi) is 5.59. The second kappa shape index (κ2) is 7.68. The zero-order valence-electron chi connectivity index (χ0n) is 15.2. The van der Waals surface area contributed by atoms with E-state index in [1.165, 1.54) is 32.1 Å². The molecule has 0 unspecified atom stereocenters. The molecule has 1 aliphatic heterocycles. The third-order valence-electron chi connectivity index (χ3n) is 5.55. The number of nitrogens with one attached hydrogen (secondary N) is 2. The number of carbonyl (C=O) groups is 1. The summed E-state index contributed by atoms with van der Waals surface area (Å²) in [5.74, 6) is 1.70. The van der Waals surface area contributed by atoms with E-state index in [2.05, 4.69) is 24.1 Å². The van der Waals surface area contributed by atoms with E-state index in [1.807, 2.05) is 0 Å². The van der Waals surface area contributed by atoms with Gasteiger partial charge in [-0.25, -0.2) is 4.98 Å². The van der Waals surface area contributed by atoms with Crippen LogP contribution in [-0.4, -0.2) is 28.0 Å². The normalized spacial score (nSPS) is 28.7. The standard InChI is InChI=1S/C19H31N3O2/c1-4-18-20-12(2)19(22-18)17-11-15(21-13(3)23)10-16(24-17)14-8-6-5-7-9-14/h14-17H,4-11H2,1-3H3,(H,20,22)(H,21,23)/t15-,16-,17+/m1/s1. The number of aromatic nitrogens is 2. The first-order valence-electron chi connectivity index (χ1n) is 9.54. The van der Waals surface area contributed by atoms with Crippen LogP contribution in [0, 0.1) is 12.8 Å². The predicted octanol–water partition coefficient (Wildman–Crippen LogP) is 3.59. The maximum atomic E-state index is 11.6. The van der Waals surface area contributed by atoms with Crippen LogP contribution in [0.3, 0.4) is 0 Å². The highest BCUT2D eigenvalue weighted by molar-refractivity contribution is 5.73. The lowest BCUT2D eigenvalue weighted by Gasteiger charge is -2.40. The van der Waals surface area contributed by atoms with Crippen molar-refractivity contribution in [1.29, 1.82) is 0 Å². The van der Waals surface area contributed by atoms with Gasteiger partial charge in [0.2, 0.25) is 5.91 Å². The van der Waals surface area contributed by atoms with E-state index >= 15 is 0 Å². The van der Waals surface area contributed by atoms with Crippen molar-refractivity contribution in [2.75, 3.05) is 0 Å². The Morgan fingerprint density at radius 2 is 2.04 bits per heavy atom. The van der Waals surface area contributed by atoms with Crippen LogP contribution in [0.15, 0.2) is 0 Å². The lowest BCUT2D eigenvalue weighted by Crippen LogP contribution is -2.45. The van der Waals surface area contributed by atoms with Crippen molar-refractivity contribution in [3.63, 3.8) is 0 Å². The zero-order valence-corrected chi connectivity index (χ0v) is 15.2. The lowest BCUT2D eigenvalue weighted by molar-refractivity contribution is -0.124. The molecule has 5 nitrogen and oxygen atoms in total. The maximum Gasteiger partial charge on any atom is 0.217 e. The summed E-state index contributed by atoms with van der Waals surface area (Å²) < 4.78 is 6.53. The van der Waals surface area contributed by atoms with E-state index < -0.39 is 0 Å². The molecule has 1 saturated heterocycles. The SMILES string of the molecule is CCc1nc([C@@H]2C[C@H](NC(C)=O)C[C@H](C3CCCCC3)O2)c(C)[nH]1. The van der Waals surface area contributed by atoms with Crippen LogP contribution in [0.25, 0.3) is 0 Å². The fourth-order valence-electron chi connectivity index (χ4n) is 4.37. The molecule has 0 bridgehead atoms. The molecule has 0 spiro atoms. The van der Waals surface area contributed by atoms with Gasteiger partial charge in [-0.15, -0.1) is 0 Å². The van der Waals surface area contributed by atoms with E-state index in [0.717, 1.165) is 36.5 Å². The van der Waals surface area contributed by atoms with Gasteiger partial charge in [0.15, 0.2) is 0 Å². The van der Waals surface area contributed by atoms with E-state index in [1.54, 1.807) is 6.92 Å². The van der Waals surface area contributed by atoms with E-state index in [9.17, 15) is 4.79 Å². The summed E-state index contributed by atoms with van der Waals surface area (Å²) in [6, 6.07) is 0.189. The third-order valence-corrected chi connectivity index (χ3v) is 5.55. The van der Waals surface area contributed by atoms with Crippen LogP contribution in [0.2, 0.25) is 0 Å². The average Bonchev–Trinajstić information content (AvgIpc) is 2.96. The Labute approximate surface area is 145 Å². The smallest absolute Gasteiger partial charge is 0.217 e. The minimum Gasteiger partial charge on any atom is -0.368 e. The number of rotatable bonds is 4. The van der Waals surface area contributed by atoms with Crippen molar-refractivity contribution in [3.8, 4) is 0 Å². The molecule has 2 heterocycles. The molecule has 1 saturated carbocycles. The van der Waals surface area contributed by atoms with Crippen LogP contribution in [0.4, 0.5) is 0 Å². The van der Waals surface area contributed by atoms with Gasteiger partial charge in [0.05, 0.1) is 11.8 Å². The van der Waals surface area contributed by atoms with Gasteiger partial charge in [0, 0.05) is 25.1 Å². The number of amides is 1. The second-order valence-electron chi connectivity index (χ2n) is 7.48. The van der Waals surface area contributed by atoms with Gasteiger partial charge in [-0.2, -0.15) is 0 Å². The number of imidazole rings is 1. The Bertz CT molecular complexity index is 563. The molecule has 3 atom stereocenters. The number of H-pyrrole nitrogens is 1. The Morgan fingerprint density at radius 3 is 2.67 bits per heavy atom. The largest absolute Gasteiger partial charge is 0.368 e. The molecular formula is C19H31N3O2. The molecule has 2 N–H and O–H groups in total. The molecule has 5 heteroatoms. The van der Waals surface area contributed by atoms with E-state index in [-0.39, 0.29) is 24.2 Å². The molecule has 1 aromatic rings. The number of hydrogen-bond donors (Lipinski definition) is 2. The highest BCUT2D eigenvalue weighted by Crippen LogP contribution is 2.39. The first-order valence-corrected chi connectivity index (χ1v) is 9.54. The highest BCUT2D eigenvalue weighted by Gasteiger charge is 2.37. The van der Waals surface area contributed by atoms with Crippen molar-refractivity contribution in [2.24, 2.45) is 5.92 Å². The van der Waals surface area contributed by atoms with Gasteiger partial charge in [0.25, 0.3) is 0 Å². The minimum atomic E-state index is -0.0147. The maximum absolute atomic E-state index is 11.6. The van der Waals surface area contributed by atoms with Crippen molar-refractivity contribution in [3.05, 3.63) is 17.2 Å². The Balaban J connectivity index is 1.78. The minimum absolute atomic E-state index is 0.0147. The van der Waals surface area contributed by atoms with Crippen LogP contribution < -0.4 is 5.32 Å². The van der Waals surface area contributed by atoms with Crippen LogP contribution in [0.5, 0.6) is 0 Å². The fourth-order valence-corrected chi connectivity index (χ4v) is 4.37. The Hall–Kier alpha value is -1.36. The van der Waals surface area contributed by atoms with Crippen molar-refractivity contribution < 1.29 is 9.53 Å². The summed E-state index contributed by atoms with van der Waals surface area (Å²) >= 11 is 0. The molecule has 134 valence electrons. The predicted molar refractivity (Wildman–Crippen MR) is 93.7 cm³/mol. The quantitative estimate of drug-likeness (QED) is 0.885. The summed E-state index contributed by atoms with van der Waals surface area (Å²) in [5, 5.41) is 3.13. The van der Waals surface area contributed by atoms with E-state index in [0.29, 0.717) is 5.92 Å². The van der Waals surface area contributed by atoms with Gasteiger partial charge >= 0.3 is 0 Å². The van der Waals surface area contributed by atoms with Gasteiger partial charge in [0.1, 0.15) is 11.9 Å². The van der Waals surface area contributed by atoms with Gasteiger partial charge in [-0.3, -0.25) is 4.79 Å². The third kappa shape index (κ3) is 4.00. The molecule has 1 aliphatic carbocycles. The molecule has 3 rings (SSSR count). The molecular weight excluding hydrogens is 302 g/mol. The first-order chi connectivity index (χ1) is 11.6. The number of carbonyl (C=O) groups excluding carboxylic acids is 1. The number of nitrogens with zero attached hydrogens (tertiary/aromatic N) is 1. The highest BCUT2D eigenvalue weighted by atomic mass is 16.5. The summed E-state index contributed by atoms with van der Waals surface area (Å²) in [6.07, 6.45) is 9.34. The fraction of sp³-hybridized carbons (Fsp3) is 0.789. The van der Waals surface area contributed by atoms with Crippen molar-refractivity contribution >= 4 is 5.91 Å². The monoisotopic (exact) mass is 333 g/mol. The van der Waals surface area contributed by atoms with Gasteiger partial charge in [-0.05, 0) is 38.5 Å². The zero-order chi connectivity index (χ0) is 17.1. The summed E-state index contributed by atoms with van der Waals surface area (Å²) in [4.78, 5) is 19.7. The van der Waals surface area contributed by atoms with Crippen LogP contribution >= 0.6 is 0 Å². The van der Waals surface area contributed by atoms with E-state index in [4.69, 9.17) is 9.72 Å². The van der Waals surface area contributed by atoms with Crippen LogP contribution in [-0.2, 0) is 16.0 Å². The lowest BCUT2D eigenvalue weighted by atomic mass is 9.81. The molecule has 24 heavy (non-hydrogen) atoms. The molecule has 0 radical (unpaired) electrons. The second-order valence-corrected chi connectivity index (χ2v) is 7.48. The first kappa shape index (κ1) is 17.5. The Morgan fingerprint density at radius 1 is 1.29 bits per heavy atom. The molecule has 1 amide bonds. The number of aromatic amines is 1. The summed E-state index contributed by atoms with van der Waals surface area (Å²) in [5.41, 5.74) is 2.13. The molecule has 2 aliphatic rings. The van der Waals surface area contributed by atoms with Gasteiger partial charge in [-0.1, -0.05) is 26.2 Å². The molecule has 0 aromatic carbocycles. The number of aryl methyl sites for hydroxylation is 2.